The second-order valence-electron chi connectivity index (χ2n) is 5.55. The Morgan fingerprint density at radius 3 is 2.35 bits per heavy atom. The predicted octanol–water partition coefficient (Wildman–Crippen LogP) is 3.44. The SMILES string of the molecule is C[C@@H](Cl)[C@H]1CCCN(Cc2ccc(Br)cc2)C1.O=C(O)C(=O)O. The molecule has 2 N–H and O–H groups in total. The number of halogens is 2. The van der Waals surface area contributed by atoms with Gasteiger partial charge in [0.2, 0.25) is 0 Å². The molecule has 1 saturated heterocycles. The highest BCUT2D eigenvalue weighted by Gasteiger charge is 2.23. The van der Waals surface area contributed by atoms with Crippen LogP contribution in [0.4, 0.5) is 0 Å². The van der Waals surface area contributed by atoms with Gasteiger partial charge in [0.1, 0.15) is 0 Å². The number of likely N-dealkylation sites (tertiary alicyclic amines) is 1. The van der Waals surface area contributed by atoms with E-state index in [0.717, 1.165) is 17.6 Å². The number of nitrogens with zero attached hydrogens (tertiary/aromatic N) is 1. The molecule has 0 saturated carbocycles. The maximum absolute atomic E-state index is 9.10. The van der Waals surface area contributed by atoms with Gasteiger partial charge >= 0.3 is 11.9 Å². The quantitative estimate of drug-likeness (QED) is 0.594. The number of rotatable bonds is 3. The molecule has 1 fully saturated rings. The number of hydrogen-bond donors (Lipinski definition) is 2. The second-order valence-corrected chi connectivity index (χ2v) is 7.16. The summed E-state index contributed by atoms with van der Waals surface area (Å²) in [5.41, 5.74) is 1.39. The first-order valence-electron chi connectivity index (χ1n) is 7.36. The lowest BCUT2D eigenvalue weighted by Gasteiger charge is -2.34. The Bertz CT molecular complexity index is 509. The summed E-state index contributed by atoms with van der Waals surface area (Å²) >= 11 is 9.68. The van der Waals surface area contributed by atoms with Crippen molar-refractivity contribution in [1.82, 2.24) is 4.90 Å². The minimum absolute atomic E-state index is 0.294. The third kappa shape index (κ3) is 7.81. The predicted molar refractivity (Wildman–Crippen MR) is 92.7 cm³/mol. The molecule has 23 heavy (non-hydrogen) atoms. The standard InChI is InChI=1S/C14H19BrClN.C2H2O4/c1-11(16)13-3-2-8-17(10-13)9-12-4-6-14(15)7-5-12;3-1(4)2(5)6/h4-7,11,13H,2-3,8-10H2,1H3;(H,3,4)(H,5,6)/t11-,13+;/m1./s1. The van der Waals surface area contributed by atoms with Crippen LogP contribution in [0.3, 0.4) is 0 Å². The van der Waals surface area contributed by atoms with Crippen LogP contribution in [0.15, 0.2) is 28.7 Å². The van der Waals surface area contributed by atoms with E-state index in [1.165, 1.54) is 24.9 Å². The zero-order chi connectivity index (χ0) is 17.4. The van der Waals surface area contributed by atoms with Gasteiger partial charge in [-0.2, -0.15) is 0 Å². The number of carbonyl (C=O) groups is 2. The minimum atomic E-state index is -1.82. The van der Waals surface area contributed by atoms with Crippen LogP contribution in [0.5, 0.6) is 0 Å². The summed E-state index contributed by atoms with van der Waals surface area (Å²) in [6.07, 6.45) is 2.56. The lowest BCUT2D eigenvalue weighted by atomic mass is 9.95. The van der Waals surface area contributed by atoms with E-state index in [-0.39, 0.29) is 0 Å². The number of benzene rings is 1. The molecule has 1 heterocycles. The van der Waals surface area contributed by atoms with Crippen molar-refractivity contribution in [3.8, 4) is 0 Å². The van der Waals surface area contributed by atoms with Crippen molar-refractivity contribution in [2.24, 2.45) is 5.92 Å². The molecule has 0 unspecified atom stereocenters. The molecule has 0 amide bonds. The molecule has 128 valence electrons. The highest BCUT2D eigenvalue weighted by molar-refractivity contribution is 9.10. The van der Waals surface area contributed by atoms with Crippen molar-refractivity contribution in [2.45, 2.75) is 31.7 Å². The van der Waals surface area contributed by atoms with Gasteiger partial charge in [-0.1, -0.05) is 28.1 Å². The molecule has 0 aromatic heterocycles. The smallest absolute Gasteiger partial charge is 0.414 e. The van der Waals surface area contributed by atoms with Gasteiger partial charge in [0, 0.05) is 22.9 Å². The first-order valence-corrected chi connectivity index (χ1v) is 8.59. The van der Waals surface area contributed by atoms with Gasteiger partial charge in [-0.25, -0.2) is 9.59 Å². The first-order chi connectivity index (χ1) is 10.8. The molecule has 7 heteroatoms. The fourth-order valence-corrected chi connectivity index (χ4v) is 2.93. The van der Waals surface area contributed by atoms with Crippen LogP contribution < -0.4 is 0 Å². The molecule has 0 radical (unpaired) electrons. The van der Waals surface area contributed by atoms with Crippen LogP contribution in [-0.2, 0) is 16.1 Å². The fourth-order valence-electron chi connectivity index (χ4n) is 2.46. The average molecular weight is 407 g/mol. The zero-order valence-electron chi connectivity index (χ0n) is 12.9. The van der Waals surface area contributed by atoms with Gasteiger partial charge < -0.3 is 10.2 Å². The van der Waals surface area contributed by atoms with Crippen molar-refractivity contribution in [2.75, 3.05) is 13.1 Å². The molecule has 1 aliphatic rings. The van der Waals surface area contributed by atoms with Gasteiger partial charge in [0.25, 0.3) is 0 Å². The Labute approximate surface area is 149 Å². The normalized spacial score (nSPS) is 19.3. The average Bonchev–Trinajstić information content (AvgIpc) is 2.50. The summed E-state index contributed by atoms with van der Waals surface area (Å²) in [6, 6.07) is 8.61. The summed E-state index contributed by atoms with van der Waals surface area (Å²) in [4.78, 5) is 20.7. The van der Waals surface area contributed by atoms with Crippen molar-refractivity contribution >= 4 is 39.5 Å². The number of aliphatic carboxylic acids is 2. The zero-order valence-corrected chi connectivity index (χ0v) is 15.3. The highest BCUT2D eigenvalue weighted by Crippen LogP contribution is 2.24. The maximum Gasteiger partial charge on any atom is 0.414 e. The van der Waals surface area contributed by atoms with Gasteiger partial charge in [0.05, 0.1) is 0 Å². The Balaban J connectivity index is 0.000000379. The van der Waals surface area contributed by atoms with Crippen LogP contribution in [0.25, 0.3) is 0 Å². The van der Waals surface area contributed by atoms with E-state index in [0.29, 0.717) is 11.3 Å². The molecule has 2 atom stereocenters. The molecule has 0 aliphatic carbocycles. The van der Waals surface area contributed by atoms with Crippen LogP contribution >= 0.6 is 27.5 Å². The molecule has 0 spiro atoms. The van der Waals surface area contributed by atoms with Gasteiger partial charge in [-0.3, -0.25) is 4.90 Å². The Hall–Kier alpha value is -1.11. The van der Waals surface area contributed by atoms with Crippen LogP contribution in [0, 0.1) is 5.92 Å². The number of carboxylic acid groups (broad SMARTS) is 2. The van der Waals surface area contributed by atoms with E-state index in [1.54, 1.807) is 0 Å². The lowest BCUT2D eigenvalue weighted by molar-refractivity contribution is -0.159. The summed E-state index contributed by atoms with van der Waals surface area (Å²) in [7, 11) is 0. The molecular formula is C16H21BrClNO4. The van der Waals surface area contributed by atoms with E-state index in [1.807, 2.05) is 0 Å². The van der Waals surface area contributed by atoms with Crippen molar-refractivity contribution in [1.29, 1.82) is 0 Å². The molecule has 5 nitrogen and oxygen atoms in total. The van der Waals surface area contributed by atoms with E-state index in [9.17, 15) is 0 Å². The number of hydrogen-bond acceptors (Lipinski definition) is 3. The van der Waals surface area contributed by atoms with Crippen molar-refractivity contribution in [3.05, 3.63) is 34.3 Å². The first kappa shape index (κ1) is 19.9. The van der Waals surface area contributed by atoms with Gasteiger partial charge in [0.15, 0.2) is 0 Å². The summed E-state index contributed by atoms with van der Waals surface area (Å²) in [5.74, 6) is -2.99. The lowest BCUT2D eigenvalue weighted by Crippen LogP contribution is -2.37. The van der Waals surface area contributed by atoms with E-state index < -0.39 is 11.9 Å². The van der Waals surface area contributed by atoms with Crippen molar-refractivity contribution < 1.29 is 19.8 Å². The number of alkyl halides is 1. The molecular weight excluding hydrogens is 386 g/mol. The number of piperidine rings is 1. The van der Waals surface area contributed by atoms with E-state index in [2.05, 4.69) is 52.0 Å². The van der Waals surface area contributed by atoms with Gasteiger partial charge in [-0.05, 0) is 49.9 Å². The fraction of sp³-hybridized carbons (Fsp3) is 0.500. The molecule has 1 aliphatic heterocycles. The summed E-state index contributed by atoms with van der Waals surface area (Å²) in [6.45, 7) is 5.51. The Morgan fingerprint density at radius 2 is 1.87 bits per heavy atom. The largest absolute Gasteiger partial charge is 0.473 e. The third-order valence-electron chi connectivity index (χ3n) is 3.69. The minimum Gasteiger partial charge on any atom is -0.473 e. The Morgan fingerprint density at radius 1 is 1.30 bits per heavy atom. The molecule has 0 bridgehead atoms. The maximum atomic E-state index is 9.10. The number of carboxylic acids is 2. The summed E-state index contributed by atoms with van der Waals surface area (Å²) in [5, 5.41) is 15.1. The van der Waals surface area contributed by atoms with E-state index >= 15 is 0 Å². The topological polar surface area (TPSA) is 77.8 Å². The van der Waals surface area contributed by atoms with Gasteiger partial charge in [-0.15, -0.1) is 11.6 Å². The second kappa shape index (κ2) is 9.90. The molecule has 1 aromatic carbocycles. The molecule has 2 rings (SSSR count). The highest BCUT2D eigenvalue weighted by atomic mass is 79.9. The van der Waals surface area contributed by atoms with E-state index in [4.69, 9.17) is 31.4 Å². The Kier molecular flexibility index (Phi) is 8.58. The molecule has 1 aromatic rings. The monoisotopic (exact) mass is 405 g/mol. The third-order valence-corrected chi connectivity index (χ3v) is 4.58. The van der Waals surface area contributed by atoms with Crippen LogP contribution in [0.1, 0.15) is 25.3 Å². The van der Waals surface area contributed by atoms with Crippen LogP contribution in [-0.4, -0.2) is 45.5 Å². The van der Waals surface area contributed by atoms with Crippen LogP contribution in [0.2, 0.25) is 0 Å². The van der Waals surface area contributed by atoms with Crippen molar-refractivity contribution in [3.63, 3.8) is 0 Å². The summed E-state index contributed by atoms with van der Waals surface area (Å²) < 4.78 is 1.15.